The number of hydrogen-bond acceptors (Lipinski definition) is 4. The van der Waals surface area contributed by atoms with Crippen molar-refractivity contribution in [2.24, 2.45) is 0 Å². The standard InChI is InChI=1S/C14H16N2O2/c1-17-13-6-4-3-5-11(13)10-16-12-7-8-15-14(9-12)18-2/h3-9H,10H2,1-2H3,(H,15,16). The van der Waals surface area contributed by atoms with Crippen molar-refractivity contribution in [3.63, 3.8) is 0 Å². The van der Waals surface area contributed by atoms with Gasteiger partial charge in [0.15, 0.2) is 0 Å². The summed E-state index contributed by atoms with van der Waals surface area (Å²) in [5.41, 5.74) is 2.07. The normalized spacial score (nSPS) is 9.89. The predicted molar refractivity (Wildman–Crippen MR) is 71.1 cm³/mol. The molecule has 0 amide bonds. The number of nitrogens with one attached hydrogen (secondary N) is 1. The monoisotopic (exact) mass is 244 g/mol. The lowest BCUT2D eigenvalue weighted by molar-refractivity contribution is 0.398. The summed E-state index contributed by atoms with van der Waals surface area (Å²) in [5, 5.41) is 3.31. The number of ether oxygens (including phenoxy) is 2. The number of benzene rings is 1. The third-order valence-electron chi connectivity index (χ3n) is 2.62. The molecule has 1 aromatic heterocycles. The Balaban J connectivity index is 2.06. The molecule has 0 bridgehead atoms. The Morgan fingerprint density at radius 3 is 2.72 bits per heavy atom. The van der Waals surface area contributed by atoms with Crippen LogP contribution in [0.2, 0.25) is 0 Å². The van der Waals surface area contributed by atoms with E-state index in [2.05, 4.69) is 10.3 Å². The molecule has 0 atom stereocenters. The first-order valence-electron chi connectivity index (χ1n) is 5.69. The van der Waals surface area contributed by atoms with Crippen LogP contribution in [0.5, 0.6) is 11.6 Å². The average molecular weight is 244 g/mol. The van der Waals surface area contributed by atoms with E-state index in [1.165, 1.54) is 0 Å². The number of aromatic nitrogens is 1. The molecular weight excluding hydrogens is 228 g/mol. The minimum absolute atomic E-state index is 0.597. The fraction of sp³-hybridized carbons (Fsp3) is 0.214. The van der Waals surface area contributed by atoms with E-state index in [4.69, 9.17) is 9.47 Å². The highest BCUT2D eigenvalue weighted by Crippen LogP contribution is 2.20. The number of methoxy groups -OCH3 is 2. The van der Waals surface area contributed by atoms with Crippen LogP contribution in [0.4, 0.5) is 5.69 Å². The second-order valence-electron chi connectivity index (χ2n) is 3.75. The molecule has 0 aliphatic carbocycles. The van der Waals surface area contributed by atoms with Crippen LogP contribution in [0.25, 0.3) is 0 Å². The van der Waals surface area contributed by atoms with Crippen LogP contribution >= 0.6 is 0 Å². The fourth-order valence-electron chi connectivity index (χ4n) is 1.68. The minimum atomic E-state index is 0.597. The number of rotatable bonds is 5. The van der Waals surface area contributed by atoms with Crippen LogP contribution in [-0.2, 0) is 6.54 Å². The van der Waals surface area contributed by atoms with Crippen molar-refractivity contribution in [1.29, 1.82) is 0 Å². The van der Waals surface area contributed by atoms with Gasteiger partial charge in [-0.05, 0) is 12.1 Å². The topological polar surface area (TPSA) is 43.4 Å². The molecule has 1 heterocycles. The second kappa shape index (κ2) is 5.91. The van der Waals surface area contributed by atoms with Gasteiger partial charge in [-0.3, -0.25) is 0 Å². The maximum Gasteiger partial charge on any atom is 0.214 e. The lowest BCUT2D eigenvalue weighted by Crippen LogP contribution is -2.02. The van der Waals surface area contributed by atoms with Gasteiger partial charge in [-0.2, -0.15) is 0 Å². The zero-order valence-electron chi connectivity index (χ0n) is 10.5. The summed E-state index contributed by atoms with van der Waals surface area (Å²) in [6, 6.07) is 11.7. The Morgan fingerprint density at radius 2 is 1.94 bits per heavy atom. The summed E-state index contributed by atoms with van der Waals surface area (Å²) in [5.74, 6) is 1.48. The third kappa shape index (κ3) is 2.91. The van der Waals surface area contributed by atoms with Gasteiger partial charge in [-0.25, -0.2) is 4.98 Å². The van der Waals surface area contributed by atoms with E-state index in [-0.39, 0.29) is 0 Å². The van der Waals surface area contributed by atoms with Crippen LogP contribution in [0.3, 0.4) is 0 Å². The van der Waals surface area contributed by atoms with Crippen LogP contribution < -0.4 is 14.8 Å². The minimum Gasteiger partial charge on any atom is -0.496 e. The number of para-hydroxylation sites is 1. The van der Waals surface area contributed by atoms with Gasteiger partial charge in [0.25, 0.3) is 0 Å². The first-order valence-corrected chi connectivity index (χ1v) is 5.69. The molecule has 2 rings (SSSR count). The predicted octanol–water partition coefficient (Wildman–Crippen LogP) is 2.71. The van der Waals surface area contributed by atoms with E-state index in [1.807, 2.05) is 36.4 Å². The molecule has 2 aromatic rings. The molecule has 0 unspecified atom stereocenters. The van der Waals surface area contributed by atoms with Crippen molar-refractivity contribution in [2.45, 2.75) is 6.54 Å². The molecule has 0 fully saturated rings. The summed E-state index contributed by atoms with van der Waals surface area (Å²) in [7, 11) is 3.28. The molecule has 18 heavy (non-hydrogen) atoms. The lowest BCUT2D eigenvalue weighted by atomic mass is 10.2. The van der Waals surface area contributed by atoms with Gasteiger partial charge in [0.2, 0.25) is 5.88 Å². The molecule has 0 spiro atoms. The van der Waals surface area contributed by atoms with Crippen LogP contribution in [0.1, 0.15) is 5.56 Å². The SMILES string of the molecule is COc1cc(NCc2ccccc2OC)ccn1. The Labute approximate surface area is 107 Å². The van der Waals surface area contributed by atoms with E-state index in [1.54, 1.807) is 20.4 Å². The van der Waals surface area contributed by atoms with Gasteiger partial charge in [-0.1, -0.05) is 18.2 Å². The summed E-state index contributed by atoms with van der Waals surface area (Å²) in [4.78, 5) is 4.06. The number of anilines is 1. The van der Waals surface area contributed by atoms with Crippen LogP contribution in [0.15, 0.2) is 42.6 Å². The smallest absolute Gasteiger partial charge is 0.214 e. The first kappa shape index (κ1) is 12.2. The molecule has 0 radical (unpaired) electrons. The largest absolute Gasteiger partial charge is 0.496 e. The fourth-order valence-corrected chi connectivity index (χ4v) is 1.68. The van der Waals surface area contributed by atoms with Crippen molar-refractivity contribution in [1.82, 2.24) is 4.98 Å². The Hall–Kier alpha value is -2.23. The number of hydrogen-bond donors (Lipinski definition) is 1. The average Bonchev–Trinajstić information content (AvgIpc) is 2.45. The summed E-state index contributed by atoms with van der Waals surface area (Å²) in [6.07, 6.45) is 1.71. The lowest BCUT2D eigenvalue weighted by Gasteiger charge is -2.10. The first-order chi connectivity index (χ1) is 8.83. The van der Waals surface area contributed by atoms with E-state index >= 15 is 0 Å². The van der Waals surface area contributed by atoms with Crippen molar-refractivity contribution in [3.05, 3.63) is 48.2 Å². The van der Waals surface area contributed by atoms with Gasteiger partial charge in [0.05, 0.1) is 14.2 Å². The Bertz CT molecular complexity index is 515. The third-order valence-corrected chi connectivity index (χ3v) is 2.62. The van der Waals surface area contributed by atoms with E-state index in [0.717, 1.165) is 17.0 Å². The maximum atomic E-state index is 5.30. The summed E-state index contributed by atoms with van der Waals surface area (Å²) < 4.78 is 10.4. The van der Waals surface area contributed by atoms with Gasteiger partial charge < -0.3 is 14.8 Å². The quantitative estimate of drug-likeness (QED) is 0.878. The highest BCUT2D eigenvalue weighted by molar-refractivity contribution is 5.46. The number of nitrogens with zero attached hydrogens (tertiary/aromatic N) is 1. The molecule has 4 heteroatoms. The van der Waals surface area contributed by atoms with E-state index in [9.17, 15) is 0 Å². The zero-order chi connectivity index (χ0) is 12.8. The molecule has 0 aliphatic rings. The van der Waals surface area contributed by atoms with Gasteiger partial charge in [0.1, 0.15) is 5.75 Å². The molecule has 4 nitrogen and oxygen atoms in total. The zero-order valence-corrected chi connectivity index (χ0v) is 10.5. The summed E-state index contributed by atoms with van der Waals surface area (Å²) in [6.45, 7) is 0.692. The van der Waals surface area contributed by atoms with Crippen LogP contribution in [0, 0.1) is 0 Å². The Kier molecular flexibility index (Phi) is 4.02. The molecule has 0 saturated carbocycles. The van der Waals surface area contributed by atoms with Crippen molar-refractivity contribution in [3.8, 4) is 11.6 Å². The van der Waals surface area contributed by atoms with Gasteiger partial charge in [-0.15, -0.1) is 0 Å². The number of pyridine rings is 1. The van der Waals surface area contributed by atoms with E-state index < -0.39 is 0 Å². The highest BCUT2D eigenvalue weighted by Gasteiger charge is 2.02. The van der Waals surface area contributed by atoms with Crippen LogP contribution in [-0.4, -0.2) is 19.2 Å². The molecule has 0 saturated heterocycles. The van der Waals surface area contributed by atoms with Gasteiger partial charge in [0, 0.05) is 30.1 Å². The summed E-state index contributed by atoms with van der Waals surface area (Å²) >= 11 is 0. The Morgan fingerprint density at radius 1 is 1.11 bits per heavy atom. The van der Waals surface area contributed by atoms with E-state index in [0.29, 0.717) is 12.4 Å². The van der Waals surface area contributed by atoms with Crippen molar-refractivity contribution in [2.75, 3.05) is 19.5 Å². The molecular formula is C14H16N2O2. The second-order valence-corrected chi connectivity index (χ2v) is 3.75. The maximum absolute atomic E-state index is 5.30. The molecule has 1 aromatic carbocycles. The van der Waals surface area contributed by atoms with Crippen molar-refractivity contribution < 1.29 is 9.47 Å². The molecule has 94 valence electrons. The molecule has 0 aliphatic heterocycles. The molecule has 1 N–H and O–H groups in total. The van der Waals surface area contributed by atoms with Gasteiger partial charge >= 0.3 is 0 Å². The van der Waals surface area contributed by atoms with Crippen molar-refractivity contribution >= 4 is 5.69 Å². The highest BCUT2D eigenvalue weighted by atomic mass is 16.5.